The number of aliphatic hydroxyl groups is 1. The topological polar surface area (TPSA) is 65.0 Å². The van der Waals surface area contributed by atoms with Crippen molar-refractivity contribution in [1.82, 2.24) is 0 Å². The summed E-state index contributed by atoms with van der Waals surface area (Å²) >= 11 is 0. The van der Waals surface area contributed by atoms with E-state index in [1.54, 1.807) is 13.8 Å². The molecule has 0 aromatic heterocycles. The van der Waals surface area contributed by atoms with Gasteiger partial charge in [0.2, 0.25) is 0 Å². The van der Waals surface area contributed by atoms with Crippen LogP contribution in [0.3, 0.4) is 0 Å². The minimum Gasteiger partial charge on any atom is -0.461 e. The van der Waals surface area contributed by atoms with Crippen LogP contribution >= 0.6 is 0 Å². The predicted molar refractivity (Wildman–Crippen MR) is 45.4 cm³/mol. The molecular weight excluding hydrogens is 188 g/mol. The summed E-state index contributed by atoms with van der Waals surface area (Å²) in [5.74, 6) is -1.42. The maximum Gasteiger partial charge on any atom is 0.340 e. The van der Waals surface area contributed by atoms with Crippen LogP contribution in [0.1, 0.15) is 20.8 Å². The summed E-state index contributed by atoms with van der Waals surface area (Å²) in [6.45, 7) is 5.01. The van der Waals surface area contributed by atoms with Crippen LogP contribution in [-0.2, 0) is 19.0 Å². The van der Waals surface area contributed by atoms with Crippen LogP contribution in [-0.4, -0.2) is 41.3 Å². The van der Waals surface area contributed by atoms with Crippen LogP contribution in [0.25, 0.3) is 0 Å². The summed E-state index contributed by atoms with van der Waals surface area (Å²) < 4.78 is 15.7. The van der Waals surface area contributed by atoms with Crippen LogP contribution < -0.4 is 0 Å². The molecule has 14 heavy (non-hydrogen) atoms. The number of cyclic esters (lactones) is 1. The number of carbonyl (C=O) groups excluding carboxylic acids is 1. The highest BCUT2D eigenvalue weighted by atomic mass is 16.8. The molecule has 5 nitrogen and oxygen atoms in total. The van der Waals surface area contributed by atoms with E-state index in [0.29, 0.717) is 0 Å². The SMILES string of the molecule is CC1(C)OC2[C@@H](COC(=O)[C@@]2(C)O)O1. The van der Waals surface area contributed by atoms with E-state index in [9.17, 15) is 9.90 Å². The van der Waals surface area contributed by atoms with E-state index in [0.717, 1.165) is 0 Å². The highest BCUT2D eigenvalue weighted by Gasteiger charge is 2.57. The molecule has 0 saturated carbocycles. The fourth-order valence-electron chi connectivity index (χ4n) is 1.85. The second-order valence-corrected chi connectivity index (χ2v) is 4.34. The monoisotopic (exact) mass is 202 g/mol. The Balaban J connectivity index is 2.25. The van der Waals surface area contributed by atoms with Gasteiger partial charge in [-0.2, -0.15) is 0 Å². The molecule has 0 aliphatic carbocycles. The molecule has 3 atom stereocenters. The van der Waals surface area contributed by atoms with Gasteiger partial charge in [-0.3, -0.25) is 0 Å². The first-order chi connectivity index (χ1) is 6.33. The van der Waals surface area contributed by atoms with Gasteiger partial charge >= 0.3 is 5.97 Å². The standard InChI is InChI=1S/C9H14O5/c1-8(2)13-5-4-12-7(10)9(3,11)6(5)14-8/h5-6,11H,4H2,1-3H3/t5-,6?,9+/m1/s1. The average molecular weight is 202 g/mol. The predicted octanol–water partition coefficient (Wildman–Crippen LogP) is -0.186. The zero-order valence-corrected chi connectivity index (χ0v) is 8.44. The minimum absolute atomic E-state index is 0.142. The molecule has 1 unspecified atom stereocenters. The van der Waals surface area contributed by atoms with Crippen LogP contribution in [0, 0.1) is 0 Å². The smallest absolute Gasteiger partial charge is 0.340 e. The Labute approximate surface area is 81.9 Å². The lowest BCUT2D eigenvalue weighted by Gasteiger charge is -2.34. The van der Waals surface area contributed by atoms with Crippen molar-refractivity contribution in [2.24, 2.45) is 0 Å². The van der Waals surface area contributed by atoms with E-state index >= 15 is 0 Å². The zero-order valence-electron chi connectivity index (χ0n) is 8.44. The van der Waals surface area contributed by atoms with Gasteiger partial charge in [-0.05, 0) is 20.8 Å². The molecular formula is C9H14O5. The van der Waals surface area contributed by atoms with E-state index in [-0.39, 0.29) is 12.7 Å². The molecule has 0 aromatic rings. The number of fused-ring (bicyclic) bond motifs is 1. The fraction of sp³-hybridized carbons (Fsp3) is 0.889. The molecule has 5 heteroatoms. The summed E-state index contributed by atoms with van der Waals surface area (Å²) in [6.07, 6.45) is -1.02. The lowest BCUT2D eigenvalue weighted by molar-refractivity contribution is -0.196. The van der Waals surface area contributed by atoms with Gasteiger partial charge in [0.05, 0.1) is 0 Å². The number of ether oxygens (including phenoxy) is 3. The molecule has 0 bridgehead atoms. The zero-order chi connectivity index (χ0) is 10.6. The largest absolute Gasteiger partial charge is 0.461 e. The molecule has 2 heterocycles. The van der Waals surface area contributed by atoms with Gasteiger partial charge in [-0.1, -0.05) is 0 Å². The number of esters is 1. The molecule has 0 amide bonds. The normalized spacial score (nSPS) is 45.9. The Morgan fingerprint density at radius 2 is 2.00 bits per heavy atom. The van der Waals surface area contributed by atoms with E-state index in [2.05, 4.69) is 0 Å². The van der Waals surface area contributed by atoms with Crippen molar-refractivity contribution < 1.29 is 24.1 Å². The van der Waals surface area contributed by atoms with Crippen LogP contribution in [0.5, 0.6) is 0 Å². The highest BCUT2D eigenvalue weighted by Crippen LogP contribution is 2.37. The molecule has 2 saturated heterocycles. The molecule has 2 fully saturated rings. The number of rotatable bonds is 0. The quantitative estimate of drug-likeness (QED) is 0.552. The summed E-state index contributed by atoms with van der Waals surface area (Å²) in [5.41, 5.74) is -1.61. The van der Waals surface area contributed by atoms with Crippen molar-refractivity contribution in [3.63, 3.8) is 0 Å². The molecule has 0 spiro atoms. The van der Waals surface area contributed by atoms with Gasteiger partial charge in [0.15, 0.2) is 11.4 Å². The van der Waals surface area contributed by atoms with E-state index < -0.39 is 23.5 Å². The van der Waals surface area contributed by atoms with Crippen LogP contribution in [0.4, 0.5) is 0 Å². The molecule has 1 N–H and O–H groups in total. The number of hydrogen-bond donors (Lipinski definition) is 1. The second-order valence-electron chi connectivity index (χ2n) is 4.34. The molecule has 2 aliphatic heterocycles. The van der Waals surface area contributed by atoms with Crippen molar-refractivity contribution in [1.29, 1.82) is 0 Å². The van der Waals surface area contributed by atoms with Crippen molar-refractivity contribution in [3.05, 3.63) is 0 Å². The summed E-state index contributed by atoms with van der Waals surface area (Å²) in [5, 5.41) is 9.87. The maximum absolute atomic E-state index is 11.3. The summed E-state index contributed by atoms with van der Waals surface area (Å²) in [4.78, 5) is 11.3. The average Bonchev–Trinajstić information content (AvgIpc) is 2.35. The molecule has 0 radical (unpaired) electrons. The summed E-state index contributed by atoms with van der Waals surface area (Å²) in [6, 6.07) is 0. The van der Waals surface area contributed by atoms with Crippen molar-refractivity contribution >= 4 is 5.97 Å². The van der Waals surface area contributed by atoms with E-state index in [1.807, 2.05) is 0 Å². The van der Waals surface area contributed by atoms with Gasteiger partial charge in [0, 0.05) is 0 Å². The first-order valence-electron chi connectivity index (χ1n) is 4.58. The van der Waals surface area contributed by atoms with Gasteiger partial charge in [0.25, 0.3) is 0 Å². The third kappa shape index (κ3) is 1.32. The third-order valence-corrected chi connectivity index (χ3v) is 2.53. The number of carbonyl (C=O) groups is 1. The fourth-order valence-corrected chi connectivity index (χ4v) is 1.85. The van der Waals surface area contributed by atoms with E-state index in [4.69, 9.17) is 14.2 Å². The van der Waals surface area contributed by atoms with Crippen molar-refractivity contribution in [3.8, 4) is 0 Å². The van der Waals surface area contributed by atoms with Gasteiger partial charge < -0.3 is 19.3 Å². The van der Waals surface area contributed by atoms with Crippen LogP contribution in [0.15, 0.2) is 0 Å². The van der Waals surface area contributed by atoms with Crippen molar-refractivity contribution in [2.45, 2.75) is 44.4 Å². The first kappa shape index (κ1) is 9.89. The first-order valence-corrected chi connectivity index (χ1v) is 4.58. The lowest BCUT2D eigenvalue weighted by Crippen LogP contribution is -2.57. The lowest BCUT2D eigenvalue weighted by atomic mass is 9.93. The molecule has 2 aliphatic rings. The molecule has 2 rings (SSSR count). The Kier molecular flexibility index (Phi) is 1.90. The van der Waals surface area contributed by atoms with E-state index in [1.165, 1.54) is 6.92 Å². The third-order valence-electron chi connectivity index (χ3n) is 2.53. The Hall–Kier alpha value is -0.650. The minimum atomic E-state index is -1.61. The van der Waals surface area contributed by atoms with Gasteiger partial charge in [0.1, 0.15) is 18.8 Å². The second kappa shape index (κ2) is 2.68. The van der Waals surface area contributed by atoms with Gasteiger partial charge in [-0.25, -0.2) is 4.79 Å². The highest BCUT2D eigenvalue weighted by molar-refractivity contribution is 5.80. The Morgan fingerprint density at radius 3 is 2.64 bits per heavy atom. The Morgan fingerprint density at radius 1 is 1.36 bits per heavy atom. The van der Waals surface area contributed by atoms with Gasteiger partial charge in [-0.15, -0.1) is 0 Å². The maximum atomic E-state index is 11.3. The molecule has 80 valence electrons. The number of hydrogen-bond acceptors (Lipinski definition) is 5. The van der Waals surface area contributed by atoms with Crippen molar-refractivity contribution in [2.75, 3.05) is 6.61 Å². The van der Waals surface area contributed by atoms with Crippen LogP contribution in [0.2, 0.25) is 0 Å². The molecule has 0 aromatic carbocycles. The summed E-state index contributed by atoms with van der Waals surface area (Å²) in [7, 11) is 0. The Bertz CT molecular complexity index is 270.